The molecule has 0 radical (unpaired) electrons. The van der Waals surface area contributed by atoms with Crippen LogP contribution < -0.4 is 15.1 Å². The Balaban J connectivity index is 1.58. The first-order valence-corrected chi connectivity index (χ1v) is 15.8. The van der Waals surface area contributed by atoms with Gasteiger partial charge in [0, 0.05) is 23.6 Å². The highest BCUT2D eigenvalue weighted by molar-refractivity contribution is 6.16. The van der Waals surface area contributed by atoms with E-state index in [2.05, 4.69) is 5.32 Å². The Morgan fingerprint density at radius 2 is 1.49 bits per heavy atom. The van der Waals surface area contributed by atoms with Gasteiger partial charge in [-0.3, -0.25) is 24.2 Å². The van der Waals surface area contributed by atoms with Gasteiger partial charge in [0.25, 0.3) is 0 Å². The third kappa shape index (κ3) is 8.71. The molecule has 242 valence electrons. The first kappa shape index (κ1) is 33.7. The highest BCUT2D eigenvalue weighted by Crippen LogP contribution is 2.38. The number of aryl methyl sites for hydroxylation is 1. The number of hydrogen-bond acceptors (Lipinski definition) is 6. The molecule has 1 aliphatic heterocycles. The Bertz CT molecular complexity index is 1430. The number of imide groups is 1. The summed E-state index contributed by atoms with van der Waals surface area (Å²) in [5.41, 5.74) is 1.05. The number of para-hydroxylation sites is 2. The Morgan fingerprint density at radius 3 is 2.13 bits per heavy atom. The van der Waals surface area contributed by atoms with Gasteiger partial charge in [-0.1, -0.05) is 64.3 Å². The number of esters is 1. The number of nitrogens with zero attached hydrogens (tertiary/aromatic N) is 3. The van der Waals surface area contributed by atoms with Crippen molar-refractivity contribution < 1.29 is 28.7 Å². The Morgan fingerprint density at radius 1 is 0.822 bits per heavy atom. The molecule has 4 rings (SSSR count). The van der Waals surface area contributed by atoms with Gasteiger partial charge in [-0.2, -0.15) is 0 Å². The van der Waals surface area contributed by atoms with Crippen molar-refractivity contribution >= 4 is 46.8 Å². The van der Waals surface area contributed by atoms with E-state index in [9.17, 15) is 24.0 Å². The van der Waals surface area contributed by atoms with Crippen LogP contribution >= 0.6 is 0 Å². The molecule has 2 aromatic carbocycles. The molecule has 0 spiro atoms. The number of amides is 5. The normalized spacial score (nSPS) is 16.3. The van der Waals surface area contributed by atoms with E-state index in [-0.39, 0.29) is 30.8 Å². The largest absolute Gasteiger partial charge is 0.460 e. The van der Waals surface area contributed by atoms with Crippen LogP contribution in [0.4, 0.5) is 26.7 Å². The molecule has 0 aromatic heterocycles. The van der Waals surface area contributed by atoms with E-state index in [1.807, 2.05) is 32.9 Å². The number of carbonyl (C=O) groups excluding carboxylic acids is 5. The summed E-state index contributed by atoms with van der Waals surface area (Å²) in [7, 11) is 0. The number of Topliss-reactive ketones (excluding diaryl/α,β-unsaturated/α-hetero) is 1. The SMILES string of the molecule is CC(C)(C)OC(=O)CCc1cccc(NC(=O)CN2C(=O)N(CC(=O)C(C)(C)C)c3ccccc3N(C3CCCCC3)C2=O)c1. The lowest BCUT2D eigenvalue weighted by Crippen LogP contribution is -2.54. The summed E-state index contributed by atoms with van der Waals surface area (Å²) in [6, 6.07) is 12.8. The van der Waals surface area contributed by atoms with Crippen LogP contribution in [-0.4, -0.2) is 59.4 Å². The molecule has 2 aliphatic rings. The summed E-state index contributed by atoms with van der Waals surface area (Å²) in [6.07, 6.45) is 5.17. The van der Waals surface area contributed by atoms with Crippen LogP contribution in [0.15, 0.2) is 48.5 Å². The minimum atomic E-state index is -0.718. The zero-order chi connectivity index (χ0) is 32.9. The van der Waals surface area contributed by atoms with Gasteiger partial charge in [-0.05, 0) is 69.9 Å². The minimum absolute atomic E-state index is 0.134. The Hall–Kier alpha value is -4.21. The van der Waals surface area contributed by atoms with E-state index in [0.717, 1.165) is 42.6 Å². The average molecular weight is 619 g/mol. The molecular formula is C35H46N4O6. The molecule has 45 heavy (non-hydrogen) atoms. The number of carbonyl (C=O) groups is 5. The maximum Gasteiger partial charge on any atom is 0.333 e. The summed E-state index contributed by atoms with van der Waals surface area (Å²) in [4.78, 5) is 71.1. The molecule has 1 fully saturated rings. The molecule has 0 saturated heterocycles. The third-order valence-corrected chi connectivity index (χ3v) is 7.96. The lowest BCUT2D eigenvalue weighted by molar-refractivity contribution is -0.154. The quantitative estimate of drug-likeness (QED) is 0.312. The first-order chi connectivity index (χ1) is 21.1. The second kappa shape index (κ2) is 13.8. The van der Waals surface area contributed by atoms with Crippen molar-refractivity contribution in [2.45, 2.75) is 98.1 Å². The van der Waals surface area contributed by atoms with Crippen LogP contribution in [0.2, 0.25) is 0 Å². The fourth-order valence-corrected chi connectivity index (χ4v) is 5.61. The number of hydrogen-bond donors (Lipinski definition) is 1. The van der Waals surface area contributed by atoms with E-state index < -0.39 is 35.5 Å². The zero-order valence-corrected chi connectivity index (χ0v) is 27.4. The third-order valence-electron chi connectivity index (χ3n) is 7.96. The maximum absolute atomic E-state index is 14.2. The molecule has 10 nitrogen and oxygen atoms in total. The molecule has 10 heteroatoms. The number of ether oxygens (including phenoxy) is 1. The van der Waals surface area contributed by atoms with Crippen LogP contribution in [0.3, 0.4) is 0 Å². The molecule has 1 saturated carbocycles. The van der Waals surface area contributed by atoms with Gasteiger partial charge < -0.3 is 10.1 Å². The molecule has 1 aliphatic carbocycles. The second-order valence-electron chi connectivity index (χ2n) is 13.9. The zero-order valence-electron chi connectivity index (χ0n) is 27.4. The standard InChI is InChI=1S/C35H46N4O6/c1-34(2,3)29(40)22-37-27-17-10-11-18-28(27)39(26-15-8-7-9-16-26)33(44)38(32(37)43)23-30(41)36-25-14-12-13-24(21-25)19-20-31(42)45-35(4,5)6/h10-14,17-18,21,26H,7-9,15-16,19-20,22-23H2,1-6H3,(H,36,41). The Kier molecular flexibility index (Phi) is 10.4. The number of rotatable bonds is 9. The van der Waals surface area contributed by atoms with E-state index in [1.54, 1.807) is 62.1 Å². The fraction of sp³-hybridized carbons (Fsp3) is 0.514. The van der Waals surface area contributed by atoms with Crippen molar-refractivity contribution in [1.82, 2.24) is 4.90 Å². The van der Waals surface area contributed by atoms with Crippen molar-refractivity contribution in [3.05, 3.63) is 54.1 Å². The summed E-state index contributed by atoms with van der Waals surface area (Å²) in [5, 5.41) is 2.81. The van der Waals surface area contributed by atoms with E-state index in [1.165, 1.54) is 4.90 Å². The fourth-order valence-electron chi connectivity index (χ4n) is 5.61. The molecule has 1 heterocycles. The summed E-state index contributed by atoms with van der Waals surface area (Å²) < 4.78 is 5.39. The highest BCUT2D eigenvalue weighted by Gasteiger charge is 2.42. The van der Waals surface area contributed by atoms with Crippen LogP contribution in [0.25, 0.3) is 0 Å². The maximum atomic E-state index is 14.2. The molecule has 5 amide bonds. The molecule has 0 unspecified atom stereocenters. The molecule has 0 bridgehead atoms. The lowest BCUT2D eigenvalue weighted by atomic mass is 9.90. The van der Waals surface area contributed by atoms with Gasteiger partial charge in [0.2, 0.25) is 5.91 Å². The lowest BCUT2D eigenvalue weighted by Gasteiger charge is -2.35. The number of urea groups is 2. The average Bonchev–Trinajstić information content (AvgIpc) is 3.04. The van der Waals surface area contributed by atoms with Crippen molar-refractivity contribution in [2.24, 2.45) is 5.41 Å². The molecule has 1 N–H and O–H groups in total. The Labute approximate surface area is 266 Å². The predicted molar refractivity (Wildman–Crippen MR) is 174 cm³/mol. The molecule has 2 aromatic rings. The number of ketones is 1. The topological polar surface area (TPSA) is 116 Å². The van der Waals surface area contributed by atoms with Gasteiger partial charge in [0.15, 0.2) is 5.78 Å². The summed E-state index contributed by atoms with van der Waals surface area (Å²) in [5.74, 6) is -1.04. The van der Waals surface area contributed by atoms with Gasteiger partial charge in [-0.25, -0.2) is 14.5 Å². The van der Waals surface area contributed by atoms with Crippen molar-refractivity contribution in [3.63, 3.8) is 0 Å². The van der Waals surface area contributed by atoms with E-state index in [0.29, 0.717) is 23.5 Å². The van der Waals surface area contributed by atoms with E-state index >= 15 is 0 Å². The van der Waals surface area contributed by atoms with Gasteiger partial charge >= 0.3 is 18.0 Å². The number of fused-ring (bicyclic) bond motifs is 1. The van der Waals surface area contributed by atoms with Gasteiger partial charge in [0.05, 0.1) is 17.9 Å². The monoisotopic (exact) mass is 618 g/mol. The van der Waals surface area contributed by atoms with Crippen molar-refractivity contribution in [1.29, 1.82) is 0 Å². The van der Waals surface area contributed by atoms with Crippen LogP contribution in [0, 0.1) is 5.41 Å². The number of nitrogens with one attached hydrogen (secondary N) is 1. The summed E-state index contributed by atoms with van der Waals surface area (Å²) >= 11 is 0. The van der Waals surface area contributed by atoms with Gasteiger partial charge in [-0.15, -0.1) is 0 Å². The van der Waals surface area contributed by atoms with E-state index in [4.69, 9.17) is 4.74 Å². The molecular weight excluding hydrogens is 572 g/mol. The predicted octanol–water partition coefficient (Wildman–Crippen LogP) is 6.72. The number of anilines is 3. The molecule has 0 atom stereocenters. The highest BCUT2D eigenvalue weighted by atomic mass is 16.6. The first-order valence-electron chi connectivity index (χ1n) is 15.8. The smallest absolute Gasteiger partial charge is 0.333 e. The van der Waals surface area contributed by atoms with Crippen molar-refractivity contribution in [3.8, 4) is 0 Å². The summed E-state index contributed by atoms with van der Waals surface area (Å²) in [6.45, 7) is 10.0. The van der Waals surface area contributed by atoms with Gasteiger partial charge in [0.1, 0.15) is 12.1 Å². The van der Waals surface area contributed by atoms with Crippen LogP contribution in [-0.2, 0) is 25.5 Å². The van der Waals surface area contributed by atoms with Crippen LogP contribution in [0.1, 0.15) is 85.6 Å². The number of benzene rings is 2. The minimum Gasteiger partial charge on any atom is -0.460 e. The van der Waals surface area contributed by atoms with Crippen LogP contribution in [0.5, 0.6) is 0 Å². The second-order valence-corrected chi connectivity index (χ2v) is 13.9. The van der Waals surface area contributed by atoms with Crippen molar-refractivity contribution in [2.75, 3.05) is 28.2 Å².